The fourth-order valence-corrected chi connectivity index (χ4v) is 3.64. The molecule has 3 rings (SSSR count). The molecule has 2 N–H and O–H groups in total. The Bertz CT molecular complexity index is 1050. The number of nitrogens with two attached hydrogens (primary N) is 1. The van der Waals surface area contributed by atoms with Gasteiger partial charge < -0.3 is 5.73 Å². The molecule has 0 radical (unpaired) electrons. The van der Waals surface area contributed by atoms with Gasteiger partial charge in [0.25, 0.3) is 0 Å². The van der Waals surface area contributed by atoms with Crippen molar-refractivity contribution in [1.82, 2.24) is 14.7 Å². The van der Waals surface area contributed by atoms with E-state index in [9.17, 15) is 14.0 Å². The van der Waals surface area contributed by atoms with E-state index >= 15 is 0 Å². The van der Waals surface area contributed by atoms with Crippen LogP contribution in [0.25, 0.3) is 0 Å². The van der Waals surface area contributed by atoms with Gasteiger partial charge in [-0.15, -0.1) is 0 Å². The highest BCUT2D eigenvalue weighted by Crippen LogP contribution is 2.35. The average Bonchev–Trinajstić information content (AvgIpc) is 3.03. The van der Waals surface area contributed by atoms with Crippen molar-refractivity contribution in [3.63, 3.8) is 0 Å². The Hall–Kier alpha value is -3.03. The fourth-order valence-electron chi connectivity index (χ4n) is 3.64. The van der Waals surface area contributed by atoms with Crippen molar-refractivity contribution in [3.05, 3.63) is 52.6 Å². The lowest BCUT2D eigenvalue weighted by Gasteiger charge is -2.34. The Labute approximate surface area is 175 Å². The Balaban J connectivity index is 1.96. The van der Waals surface area contributed by atoms with Crippen LogP contribution in [0, 0.1) is 12.7 Å². The molecule has 0 bridgehead atoms. The molecule has 160 valence electrons. The number of carbonyl (C=O) groups is 2. The first-order chi connectivity index (χ1) is 13.8. The third-order valence-corrected chi connectivity index (χ3v) is 5.30. The van der Waals surface area contributed by atoms with Crippen LogP contribution in [0.1, 0.15) is 61.4 Å². The van der Waals surface area contributed by atoms with Gasteiger partial charge in [0.15, 0.2) is 11.7 Å². The lowest BCUT2D eigenvalue weighted by Crippen LogP contribution is -2.47. The van der Waals surface area contributed by atoms with Gasteiger partial charge in [0, 0.05) is 19.0 Å². The zero-order chi connectivity index (χ0) is 22.4. The number of hydrogen-bond donors (Lipinski definition) is 1. The van der Waals surface area contributed by atoms with Gasteiger partial charge >= 0.3 is 0 Å². The highest BCUT2D eigenvalue weighted by atomic mass is 19.1. The summed E-state index contributed by atoms with van der Waals surface area (Å²) in [5.74, 6) is -0.802. The van der Waals surface area contributed by atoms with Crippen molar-refractivity contribution in [2.75, 3.05) is 7.05 Å². The van der Waals surface area contributed by atoms with Crippen molar-refractivity contribution in [1.29, 1.82) is 0 Å². The van der Waals surface area contributed by atoms with E-state index < -0.39 is 11.4 Å². The number of aryl methyl sites for hydroxylation is 1. The van der Waals surface area contributed by atoms with Crippen LogP contribution in [-0.2, 0) is 22.3 Å². The molecule has 0 aliphatic carbocycles. The van der Waals surface area contributed by atoms with Gasteiger partial charge in [-0.1, -0.05) is 6.07 Å². The van der Waals surface area contributed by atoms with Gasteiger partial charge in [-0.2, -0.15) is 5.10 Å². The summed E-state index contributed by atoms with van der Waals surface area (Å²) in [5, 5.41) is 4.45. The van der Waals surface area contributed by atoms with Gasteiger partial charge in [0.2, 0.25) is 5.91 Å². The Kier molecular flexibility index (Phi) is 5.30. The summed E-state index contributed by atoms with van der Waals surface area (Å²) in [6.07, 6.45) is 0.0755. The summed E-state index contributed by atoms with van der Waals surface area (Å²) in [6.45, 7) is 9.45. The molecular weight excluding hydrogens is 385 g/mol. The SMILES string of the molecule is Cc1cc(C(=O)Cc2ccc(F)c(C3(C)CC(=O)N(C)C(N)=N3)c2)n(C(C)(C)C)n1. The number of aliphatic imine (C=N–C) groups is 1. The number of Topliss-reactive ketones (excluding diaryl/α,β-unsaturated/α-hetero) is 1. The first-order valence-corrected chi connectivity index (χ1v) is 9.83. The summed E-state index contributed by atoms with van der Waals surface area (Å²) in [4.78, 5) is 30.9. The normalized spacial score (nSPS) is 19.8. The van der Waals surface area contributed by atoms with E-state index in [-0.39, 0.29) is 41.6 Å². The van der Waals surface area contributed by atoms with Gasteiger partial charge in [0.05, 0.1) is 23.2 Å². The zero-order valence-electron chi connectivity index (χ0n) is 18.3. The van der Waals surface area contributed by atoms with Crippen molar-refractivity contribution < 1.29 is 14.0 Å². The van der Waals surface area contributed by atoms with Crippen LogP contribution in [0.5, 0.6) is 0 Å². The minimum atomic E-state index is -1.12. The number of rotatable bonds is 4. The molecule has 1 amide bonds. The third-order valence-electron chi connectivity index (χ3n) is 5.30. The summed E-state index contributed by atoms with van der Waals surface area (Å²) in [5.41, 5.74) is 6.54. The van der Waals surface area contributed by atoms with Crippen LogP contribution in [-0.4, -0.2) is 39.4 Å². The molecule has 1 aliphatic rings. The number of amides is 1. The van der Waals surface area contributed by atoms with Crippen LogP contribution in [0.4, 0.5) is 4.39 Å². The standard InChI is InChI=1S/C22H28FN5O2/c1-13-9-17(28(26-13)21(2,3)4)18(29)11-14-7-8-16(23)15(10-14)22(5)12-19(30)27(6)20(24)25-22/h7-10H,11-12H2,1-6H3,(H2,24,25). The predicted octanol–water partition coefficient (Wildman–Crippen LogP) is 2.90. The molecule has 1 aromatic heterocycles. The summed E-state index contributed by atoms with van der Waals surface area (Å²) in [6, 6.07) is 6.26. The third kappa shape index (κ3) is 3.99. The highest BCUT2D eigenvalue weighted by molar-refractivity contribution is 5.99. The van der Waals surface area contributed by atoms with Gasteiger partial charge in [-0.25, -0.2) is 9.38 Å². The van der Waals surface area contributed by atoms with Crippen molar-refractivity contribution in [2.24, 2.45) is 10.7 Å². The molecule has 2 aromatic rings. The molecule has 0 fully saturated rings. The largest absolute Gasteiger partial charge is 0.369 e. The van der Waals surface area contributed by atoms with Crippen molar-refractivity contribution >= 4 is 17.6 Å². The fraction of sp³-hybridized carbons (Fsp3) is 0.455. The maximum absolute atomic E-state index is 14.7. The number of benzene rings is 1. The molecule has 7 nitrogen and oxygen atoms in total. The van der Waals surface area contributed by atoms with E-state index in [4.69, 9.17) is 5.73 Å². The lowest BCUT2D eigenvalue weighted by molar-refractivity contribution is -0.128. The van der Waals surface area contributed by atoms with E-state index in [1.54, 1.807) is 29.8 Å². The summed E-state index contributed by atoms with van der Waals surface area (Å²) in [7, 11) is 1.53. The quantitative estimate of drug-likeness (QED) is 0.780. The molecule has 0 saturated carbocycles. The average molecular weight is 413 g/mol. The van der Waals surface area contributed by atoms with E-state index in [1.165, 1.54) is 18.0 Å². The number of guanidine groups is 1. The summed E-state index contributed by atoms with van der Waals surface area (Å²) >= 11 is 0. The first kappa shape index (κ1) is 21.7. The molecule has 0 spiro atoms. The van der Waals surface area contributed by atoms with Gasteiger partial charge in [-0.05, 0) is 58.4 Å². The number of hydrogen-bond acceptors (Lipinski definition) is 5. The van der Waals surface area contributed by atoms with Crippen LogP contribution in [0.3, 0.4) is 0 Å². The van der Waals surface area contributed by atoms with E-state index in [0.717, 1.165) is 5.69 Å². The lowest BCUT2D eigenvalue weighted by atomic mass is 9.85. The number of halogens is 1. The smallest absolute Gasteiger partial charge is 0.231 e. The molecule has 30 heavy (non-hydrogen) atoms. The van der Waals surface area contributed by atoms with E-state index in [2.05, 4.69) is 10.1 Å². The minimum absolute atomic E-state index is 0.00545. The van der Waals surface area contributed by atoms with Gasteiger partial charge in [-0.3, -0.25) is 19.2 Å². The zero-order valence-corrected chi connectivity index (χ0v) is 18.3. The van der Waals surface area contributed by atoms with Crippen molar-refractivity contribution in [3.8, 4) is 0 Å². The van der Waals surface area contributed by atoms with E-state index in [1.807, 2.05) is 27.7 Å². The molecule has 1 aliphatic heterocycles. The number of carbonyl (C=O) groups excluding carboxylic acids is 2. The van der Waals surface area contributed by atoms with Crippen LogP contribution in [0.2, 0.25) is 0 Å². The molecule has 1 unspecified atom stereocenters. The second-order valence-electron chi connectivity index (χ2n) is 9.04. The molecule has 0 saturated heterocycles. The van der Waals surface area contributed by atoms with Crippen LogP contribution >= 0.6 is 0 Å². The maximum Gasteiger partial charge on any atom is 0.231 e. The monoisotopic (exact) mass is 413 g/mol. The van der Waals surface area contributed by atoms with Crippen LogP contribution in [0.15, 0.2) is 29.3 Å². The number of aromatic nitrogens is 2. The maximum atomic E-state index is 14.7. The topological polar surface area (TPSA) is 93.6 Å². The molecular formula is C22H28FN5O2. The second-order valence-corrected chi connectivity index (χ2v) is 9.04. The van der Waals surface area contributed by atoms with Crippen LogP contribution < -0.4 is 5.73 Å². The number of ketones is 1. The first-order valence-electron chi connectivity index (χ1n) is 9.83. The molecule has 1 atom stereocenters. The van der Waals surface area contributed by atoms with E-state index in [0.29, 0.717) is 11.3 Å². The Morgan fingerprint density at radius 2 is 1.97 bits per heavy atom. The second kappa shape index (κ2) is 7.34. The predicted molar refractivity (Wildman–Crippen MR) is 113 cm³/mol. The molecule has 8 heteroatoms. The van der Waals surface area contributed by atoms with Gasteiger partial charge in [0.1, 0.15) is 11.5 Å². The summed E-state index contributed by atoms with van der Waals surface area (Å²) < 4.78 is 16.4. The number of nitrogens with zero attached hydrogens (tertiary/aromatic N) is 4. The van der Waals surface area contributed by atoms with Crippen molar-refractivity contribution in [2.45, 2.75) is 58.5 Å². The molecule has 1 aromatic carbocycles. The Morgan fingerprint density at radius 1 is 1.30 bits per heavy atom. The molecule has 2 heterocycles. The highest BCUT2D eigenvalue weighted by Gasteiger charge is 2.38. The Morgan fingerprint density at radius 3 is 2.57 bits per heavy atom. The minimum Gasteiger partial charge on any atom is -0.369 e.